The second-order valence-electron chi connectivity index (χ2n) is 7.28. The minimum absolute atomic E-state index is 0.0722. The average Bonchev–Trinajstić information content (AvgIpc) is 2.81. The lowest BCUT2D eigenvalue weighted by Crippen LogP contribution is -2.23. The zero-order valence-corrected chi connectivity index (χ0v) is 19.2. The lowest BCUT2D eigenvalue weighted by Gasteiger charge is -2.13. The van der Waals surface area contributed by atoms with Crippen molar-refractivity contribution < 1.29 is 18.3 Å². The predicted molar refractivity (Wildman–Crippen MR) is 125 cm³/mol. The molecule has 0 heterocycles. The van der Waals surface area contributed by atoms with E-state index in [1.54, 1.807) is 54.6 Å². The van der Waals surface area contributed by atoms with E-state index in [1.807, 2.05) is 6.07 Å². The molecule has 168 valence electrons. The quantitative estimate of drug-likeness (QED) is 0.415. The lowest BCUT2D eigenvalue weighted by atomic mass is 10.1. The van der Waals surface area contributed by atoms with Gasteiger partial charge in [-0.05, 0) is 66.6 Å². The number of aliphatic hydroxyl groups excluding tert-OH is 1. The number of hydrogen-bond acceptors (Lipinski definition) is 5. The second kappa shape index (κ2) is 10.7. The van der Waals surface area contributed by atoms with E-state index in [9.17, 15) is 18.3 Å². The molecule has 3 aromatic rings. The van der Waals surface area contributed by atoms with Crippen molar-refractivity contribution in [2.24, 2.45) is 0 Å². The van der Waals surface area contributed by atoms with Crippen LogP contribution in [0.2, 0.25) is 5.02 Å². The van der Waals surface area contributed by atoms with Gasteiger partial charge in [0.25, 0.3) is 5.91 Å². The lowest BCUT2D eigenvalue weighted by molar-refractivity contribution is 0.0963. The van der Waals surface area contributed by atoms with Gasteiger partial charge in [0.2, 0.25) is 9.84 Å². The highest BCUT2D eigenvalue weighted by Crippen LogP contribution is 2.22. The largest absolute Gasteiger partial charge is 0.387 e. The Morgan fingerprint density at radius 2 is 1.72 bits per heavy atom. The van der Waals surface area contributed by atoms with Crippen LogP contribution in [0.4, 0.5) is 0 Å². The van der Waals surface area contributed by atoms with Gasteiger partial charge in [-0.25, -0.2) is 8.42 Å². The van der Waals surface area contributed by atoms with Crippen molar-refractivity contribution in [2.45, 2.75) is 22.3 Å². The molecule has 0 unspecified atom stereocenters. The number of hydrogen-bond donors (Lipinski definition) is 3. The zero-order valence-electron chi connectivity index (χ0n) is 17.6. The van der Waals surface area contributed by atoms with Gasteiger partial charge in [-0.3, -0.25) is 4.79 Å². The number of sulfone groups is 1. The third-order valence-corrected chi connectivity index (χ3v) is 7.03. The standard InChI is InChI=1S/C24H25ClN2O4S/c1-26-24(29)19-5-3-7-22(15-19)32(30,31)21-10-8-17(9-11-21)12-13-27-16-23(28)18-4-2-6-20(25)14-18/h2-11,14-15,23,27-28H,12-13,16H2,1H3,(H,26,29)/t23-/m0/s1. The summed E-state index contributed by atoms with van der Waals surface area (Å²) in [6.07, 6.45) is 0.0150. The molecule has 32 heavy (non-hydrogen) atoms. The molecule has 1 amide bonds. The molecule has 3 N–H and O–H groups in total. The van der Waals surface area contributed by atoms with E-state index in [0.717, 1.165) is 11.1 Å². The van der Waals surface area contributed by atoms with Gasteiger partial charge in [0, 0.05) is 24.2 Å². The van der Waals surface area contributed by atoms with Gasteiger partial charge in [0.15, 0.2) is 0 Å². The van der Waals surface area contributed by atoms with Crippen LogP contribution in [0.25, 0.3) is 0 Å². The number of halogens is 1. The van der Waals surface area contributed by atoms with Crippen molar-refractivity contribution in [3.63, 3.8) is 0 Å². The molecule has 6 nitrogen and oxygen atoms in total. The van der Waals surface area contributed by atoms with Crippen LogP contribution in [0.5, 0.6) is 0 Å². The highest BCUT2D eigenvalue weighted by molar-refractivity contribution is 7.91. The summed E-state index contributed by atoms with van der Waals surface area (Å²) >= 11 is 5.95. The maximum atomic E-state index is 12.9. The number of carbonyl (C=O) groups is 1. The predicted octanol–water partition coefficient (Wildman–Crippen LogP) is 3.40. The van der Waals surface area contributed by atoms with E-state index in [0.29, 0.717) is 24.5 Å². The first-order valence-corrected chi connectivity index (χ1v) is 12.0. The summed E-state index contributed by atoms with van der Waals surface area (Å²) in [5, 5.41) is 16.5. The summed E-state index contributed by atoms with van der Waals surface area (Å²) < 4.78 is 25.8. The summed E-state index contributed by atoms with van der Waals surface area (Å²) in [4.78, 5) is 12.0. The molecule has 8 heteroatoms. The zero-order chi connectivity index (χ0) is 23.1. The maximum Gasteiger partial charge on any atom is 0.251 e. The number of amides is 1. The molecule has 0 spiro atoms. The van der Waals surface area contributed by atoms with E-state index < -0.39 is 15.9 Å². The molecule has 0 aliphatic carbocycles. The van der Waals surface area contributed by atoms with Crippen molar-refractivity contribution >= 4 is 27.3 Å². The SMILES string of the molecule is CNC(=O)c1cccc(S(=O)(=O)c2ccc(CCNC[C@H](O)c3cccc(Cl)c3)cc2)c1. The number of benzene rings is 3. The smallest absolute Gasteiger partial charge is 0.251 e. The molecule has 0 saturated heterocycles. The molecule has 0 saturated carbocycles. The molecule has 0 radical (unpaired) electrons. The minimum Gasteiger partial charge on any atom is -0.387 e. The van der Waals surface area contributed by atoms with Gasteiger partial charge in [-0.1, -0.05) is 41.9 Å². The summed E-state index contributed by atoms with van der Waals surface area (Å²) in [6, 6.07) is 19.7. The van der Waals surface area contributed by atoms with Gasteiger partial charge >= 0.3 is 0 Å². The molecule has 0 fully saturated rings. The van der Waals surface area contributed by atoms with Gasteiger partial charge in [0.1, 0.15) is 0 Å². The van der Waals surface area contributed by atoms with Crippen LogP contribution in [0, 0.1) is 0 Å². The molecule has 1 atom stereocenters. The summed E-state index contributed by atoms with van der Waals surface area (Å²) in [5.74, 6) is -0.342. The number of nitrogens with one attached hydrogen (secondary N) is 2. The molecule has 0 aromatic heterocycles. The molecular weight excluding hydrogens is 448 g/mol. The van der Waals surface area contributed by atoms with Crippen LogP contribution in [0.3, 0.4) is 0 Å². The Bertz CT molecular complexity index is 1180. The fourth-order valence-corrected chi connectivity index (χ4v) is 4.73. The Balaban J connectivity index is 1.58. The van der Waals surface area contributed by atoms with Gasteiger partial charge in [-0.15, -0.1) is 0 Å². The fraction of sp³-hybridized carbons (Fsp3) is 0.208. The van der Waals surface area contributed by atoms with Gasteiger partial charge in [-0.2, -0.15) is 0 Å². The van der Waals surface area contributed by atoms with Crippen molar-refractivity contribution in [3.8, 4) is 0 Å². The highest BCUT2D eigenvalue weighted by atomic mass is 35.5. The monoisotopic (exact) mass is 472 g/mol. The van der Waals surface area contributed by atoms with Crippen LogP contribution >= 0.6 is 11.6 Å². The normalized spacial score (nSPS) is 12.3. The van der Waals surface area contributed by atoms with Crippen molar-refractivity contribution in [3.05, 3.63) is 94.5 Å². The van der Waals surface area contributed by atoms with Crippen LogP contribution in [0.1, 0.15) is 27.6 Å². The van der Waals surface area contributed by atoms with Crippen LogP contribution in [-0.2, 0) is 16.3 Å². The topological polar surface area (TPSA) is 95.5 Å². The first-order valence-electron chi connectivity index (χ1n) is 10.1. The summed E-state index contributed by atoms with van der Waals surface area (Å²) in [6.45, 7) is 1.01. The van der Waals surface area contributed by atoms with Gasteiger partial charge < -0.3 is 15.7 Å². The minimum atomic E-state index is -3.73. The van der Waals surface area contributed by atoms with Crippen molar-refractivity contribution in [1.29, 1.82) is 0 Å². The van der Waals surface area contributed by atoms with Crippen LogP contribution in [-0.4, -0.2) is 39.6 Å². The molecule has 3 aromatic carbocycles. The summed E-state index contributed by atoms with van der Waals surface area (Å²) in [7, 11) is -2.23. The second-order valence-corrected chi connectivity index (χ2v) is 9.67. The molecule has 3 rings (SSSR count). The molecule has 0 aliphatic rings. The Labute approximate surface area is 193 Å². The van der Waals surface area contributed by atoms with Crippen LogP contribution < -0.4 is 10.6 Å². The third kappa shape index (κ3) is 5.95. The number of rotatable bonds is 9. The highest BCUT2D eigenvalue weighted by Gasteiger charge is 2.19. The first kappa shape index (κ1) is 23.9. The Hall–Kier alpha value is -2.71. The average molecular weight is 473 g/mol. The maximum absolute atomic E-state index is 12.9. The Kier molecular flexibility index (Phi) is 8.04. The van der Waals surface area contributed by atoms with Crippen LogP contribution in [0.15, 0.2) is 82.6 Å². The Morgan fingerprint density at radius 1 is 1.00 bits per heavy atom. The van der Waals surface area contributed by atoms with Gasteiger partial charge in [0.05, 0.1) is 15.9 Å². The van der Waals surface area contributed by atoms with E-state index in [4.69, 9.17) is 11.6 Å². The third-order valence-electron chi connectivity index (χ3n) is 5.03. The molecule has 0 aliphatic heterocycles. The van der Waals surface area contributed by atoms with Crippen molar-refractivity contribution in [2.75, 3.05) is 20.1 Å². The van der Waals surface area contributed by atoms with E-state index in [-0.39, 0.29) is 21.3 Å². The van der Waals surface area contributed by atoms with E-state index in [1.165, 1.54) is 19.2 Å². The van der Waals surface area contributed by atoms with E-state index >= 15 is 0 Å². The van der Waals surface area contributed by atoms with Crippen molar-refractivity contribution in [1.82, 2.24) is 10.6 Å². The molecular formula is C24H25ClN2O4S. The van der Waals surface area contributed by atoms with E-state index in [2.05, 4.69) is 10.6 Å². The fourth-order valence-electron chi connectivity index (χ4n) is 3.22. The molecule has 0 bridgehead atoms. The number of carbonyl (C=O) groups excluding carboxylic acids is 1. The number of aliphatic hydroxyl groups is 1. The Morgan fingerprint density at radius 3 is 2.41 bits per heavy atom. The summed E-state index contributed by atoms with van der Waals surface area (Å²) in [5.41, 5.74) is 2.00. The first-order chi connectivity index (χ1) is 15.3.